The van der Waals surface area contributed by atoms with Crippen molar-refractivity contribution in [3.05, 3.63) is 83.1 Å². The van der Waals surface area contributed by atoms with E-state index in [1.165, 1.54) is 41.2 Å². The lowest BCUT2D eigenvalue weighted by atomic mass is 10.0. The number of allylic oxidation sites excluding steroid dienone is 3. The van der Waals surface area contributed by atoms with E-state index in [1.54, 1.807) is 19.2 Å². The van der Waals surface area contributed by atoms with E-state index in [1.807, 2.05) is 6.92 Å². The largest absolute Gasteiger partial charge is 0.416 e. The van der Waals surface area contributed by atoms with E-state index >= 15 is 4.39 Å². The number of rotatable bonds is 7. The van der Waals surface area contributed by atoms with Crippen molar-refractivity contribution in [2.45, 2.75) is 38.8 Å². The van der Waals surface area contributed by atoms with Gasteiger partial charge in [0.1, 0.15) is 17.3 Å². The van der Waals surface area contributed by atoms with Crippen LogP contribution in [0.25, 0.3) is 28.5 Å². The highest BCUT2D eigenvalue weighted by Crippen LogP contribution is 2.34. The highest BCUT2D eigenvalue weighted by Gasteiger charge is 2.32. The topological polar surface area (TPSA) is 75.6 Å². The molecule has 5 rings (SSSR count). The van der Waals surface area contributed by atoms with E-state index in [0.717, 1.165) is 24.6 Å². The number of imidazole rings is 1. The van der Waals surface area contributed by atoms with E-state index < -0.39 is 34.7 Å². The number of aromatic amines is 1. The van der Waals surface area contributed by atoms with Crippen LogP contribution in [0.3, 0.4) is 0 Å². The zero-order valence-corrected chi connectivity index (χ0v) is 22.3. The van der Waals surface area contributed by atoms with Gasteiger partial charge in [-0.25, -0.2) is 18.7 Å². The van der Waals surface area contributed by atoms with Crippen LogP contribution in [0.5, 0.6) is 0 Å². The molecule has 3 aromatic heterocycles. The Kier molecular flexibility index (Phi) is 7.54. The van der Waals surface area contributed by atoms with Crippen LogP contribution >= 0.6 is 11.9 Å². The fourth-order valence-corrected chi connectivity index (χ4v) is 5.03. The van der Waals surface area contributed by atoms with E-state index in [-0.39, 0.29) is 23.6 Å². The molecule has 0 bridgehead atoms. The fraction of sp³-hybridized carbons (Fsp3) is 0.250. The number of halogens is 5. The molecule has 6 nitrogen and oxygen atoms in total. The van der Waals surface area contributed by atoms with E-state index in [2.05, 4.69) is 19.7 Å². The maximum Gasteiger partial charge on any atom is 0.416 e. The average Bonchev–Trinajstić information content (AvgIpc) is 3.52. The molecule has 2 N–H and O–H groups in total. The molecule has 208 valence electrons. The summed E-state index contributed by atoms with van der Waals surface area (Å²) in [5.74, 6) is -1.89. The second kappa shape index (κ2) is 10.9. The molecular formula is C28H24F5N5OS. The fourth-order valence-electron chi connectivity index (χ4n) is 4.42. The molecule has 0 saturated heterocycles. The second-order valence-corrected chi connectivity index (χ2v) is 10.3. The summed E-state index contributed by atoms with van der Waals surface area (Å²) in [4.78, 5) is 25.2. The van der Waals surface area contributed by atoms with Crippen molar-refractivity contribution in [3.63, 3.8) is 0 Å². The van der Waals surface area contributed by atoms with Crippen LogP contribution in [0, 0.1) is 11.6 Å². The van der Waals surface area contributed by atoms with Gasteiger partial charge in [0.15, 0.2) is 5.82 Å². The van der Waals surface area contributed by atoms with Crippen molar-refractivity contribution in [1.82, 2.24) is 19.5 Å². The first-order valence-corrected chi connectivity index (χ1v) is 13.5. The van der Waals surface area contributed by atoms with Gasteiger partial charge in [-0.05, 0) is 37.1 Å². The first kappa shape index (κ1) is 27.6. The number of carbonyl (C=O) groups is 1. The second-order valence-electron chi connectivity index (χ2n) is 9.39. The van der Waals surface area contributed by atoms with Gasteiger partial charge < -0.3 is 14.3 Å². The Morgan fingerprint density at radius 3 is 2.83 bits per heavy atom. The van der Waals surface area contributed by atoms with Gasteiger partial charge in [-0.3, -0.25) is 4.79 Å². The number of benzene rings is 1. The van der Waals surface area contributed by atoms with Crippen LogP contribution in [0.15, 0.2) is 54.5 Å². The summed E-state index contributed by atoms with van der Waals surface area (Å²) >= 11 is 1.25. The summed E-state index contributed by atoms with van der Waals surface area (Å²) in [5, 5.41) is 0.324. The lowest BCUT2D eigenvalue weighted by Gasteiger charge is -2.15. The highest BCUT2D eigenvalue weighted by molar-refractivity contribution is 8.00. The number of fused-ring (bicyclic) bond motifs is 2. The highest BCUT2D eigenvalue weighted by atomic mass is 32.2. The average molecular weight is 574 g/mol. The smallest absolute Gasteiger partial charge is 0.345 e. The molecule has 0 fully saturated rings. The SMILES string of the molecule is CCCSNc1ccc(F)c(C(=O)c2c[nH]c3ncc(-c4cn5c(n4)C(C)CC=C(C(F)(F)F)C=C5)cc23)c1F. The van der Waals surface area contributed by atoms with E-state index in [0.29, 0.717) is 33.9 Å². The Labute approximate surface area is 230 Å². The predicted molar refractivity (Wildman–Crippen MR) is 146 cm³/mol. The number of H-pyrrole nitrogens is 1. The minimum atomic E-state index is -4.47. The normalized spacial score (nSPS) is 15.5. The molecule has 1 aromatic carbocycles. The van der Waals surface area contributed by atoms with Crippen LogP contribution in [0.2, 0.25) is 0 Å². The first-order chi connectivity index (χ1) is 19.1. The third kappa shape index (κ3) is 5.27. The van der Waals surface area contributed by atoms with Gasteiger partial charge in [0.05, 0.1) is 22.5 Å². The molecule has 0 spiro atoms. The molecule has 4 aromatic rings. The molecule has 1 aliphatic rings. The van der Waals surface area contributed by atoms with Gasteiger partial charge in [-0.1, -0.05) is 31.9 Å². The Morgan fingerprint density at radius 2 is 2.08 bits per heavy atom. The van der Waals surface area contributed by atoms with Crippen molar-refractivity contribution in [1.29, 1.82) is 0 Å². The number of anilines is 1. The van der Waals surface area contributed by atoms with Gasteiger partial charge in [-0.2, -0.15) is 13.2 Å². The third-order valence-corrected chi connectivity index (χ3v) is 7.49. The number of nitrogens with one attached hydrogen (secondary N) is 2. The quantitative estimate of drug-likeness (QED) is 0.102. The van der Waals surface area contributed by atoms with E-state index in [4.69, 9.17) is 0 Å². The minimum Gasteiger partial charge on any atom is -0.345 e. The number of aromatic nitrogens is 4. The summed E-state index contributed by atoms with van der Waals surface area (Å²) < 4.78 is 74.1. The van der Waals surface area contributed by atoms with Crippen molar-refractivity contribution in [2.75, 3.05) is 10.5 Å². The maximum absolute atomic E-state index is 15.2. The number of carbonyl (C=O) groups excluding carboxylic acids is 1. The van der Waals surface area contributed by atoms with Crippen LogP contribution in [-0.4, -0.2) is 37.2 Å². The van der Waals surface area contributed by atoms with Gasteiger partial charge in [0.2, 0.25) is 5.78 Å². The Morgan fingerprint density at radius 1 is 1.27 bits per heavy atom. The summed E-state index contributed by atoms with van der Waals surface area (Å²) in [6, 6.07) is 3.90. The Balaban J connectivity index is 1.51. The standard InChI is InChI=1S/C28H24F5N5OS/c1-3-10-40-37-21-7-6-20(29)23(24(21)30)25(39)19-13-35-26-18(19)11-16(12-34-26)22-14-38-9-8-17(28(31,32)33)5-4-15(2)27(38)36-22/h5-9,11-15,37H,3-4,10H2,1-2H3,(H,34,35). The molecule has 0 saturated carbocycles. The Bertz CT molecular complexity index is 1650. The molecule has 4 heterocycles. The van der Waals surface area contributed by atoms with Crippen molar-refractivity contribution in [3.8, 4) is 11.3 Å². The molecule has 40 heavy (non-hydrogen) atoms. The van der Waals surface area contributed by atoms with Gasteiger partial charge in [0.25, 0.3) is 0 Å². The van der Waals surface area contributed by atoms with Crippen LogP contribution in [0.1, 0.15) is 54.4 Å². The molecule has 0 amide bonds. The summed E-state index contributed by atoms with van der Waals surface area (Å²) in [7, 11) is 0. The summed E-state index contributed by atoms with van der Waals surface area (Å²) in [6.45, 7) is 3.74. The molecule has 0 aliphatic carbocycles. The molecule has 1 aliphatic heterocycles. The van der Waals surface area contributed by atoms with Gasteiger partial charge >= 0.3 is 6.18 Å². The van der Waals surface area contributed by atoms with Crippen LogP contribution in [0.4, 0.5) is 27.6 Å². The third-order valence-electron chi connectivity index (χ3n) is 6.51. The first-order valence-electron chi connectivity index (χ1n) is 12.5. The molecule has 1 atom stereocenters. The van der Waals surface area contributed by atoms with Crippen LogP contribution < -0.4 is 4.72 Å². The number of pyridine rings is 1. The van der Waals surface area contributed by atoms with Crippen molar-refractivity contribution >= 4 is 40.7 Å². The number of nitrogens with zero attached hydrogens (tertiary/aromatic N) is 3. The van der Waals surface area contributed by atoms with Gasteiger partial charge in [-0.15, -0.1) is 0 Å². The van der Waals surface area contributed by atoms with Crippen molar-refractivity contribution in [2.24, 2.45) is 0 Å². The minimum absolute atomic E-state index is 0.00243. The number of ketones is 1. The summed E-state index contributed by atoms with van der Waals surface area (Å²) in [5.41, 5.74) is -0.171. The number of alkyl halides is 3. The van der Waals surface area contributed by atoms with Crippen molar-refractivity contribution < 1.29 is 26.7 Å². The number of hydrogen-bond acceptors (Lipinski definition) is 5. The molecular weight excluding hydrogens is 549 g/mol. The lowest BCUT2D eigenvalue weighted by Crippen LogP contribution is -2.12. The maximum atomic E-state index is 15.2. The van der Waals surface area contributed by atoms with Gasteiger partial charge in [0, 0.05) is 53.0 Å². The monoisotopic (exact) mass is 573 g/mol. The number of hydrogen-bond donors (Lipinski definition) is 2. The molecule has 12 heteroatoms. The Hall–Kier alpha value is -3.93. The summed E-state index contributed by atoms with van der Waals surface area (Å²) in [6.07, 6.45) is 4.41. The molecule has 0 radical (unpaired) electrons. The zero-order chi connectivity index (χ0) is 28.6. The molecule has 1 unspecified atom stereocenters. The lowest BCUT2D eigenvalue weighted by molar-refractivity contribution is -0.0884. The zero-order valence-electron chi connectivity index (χ0n) is 21.4. The van der Waals surface area contributed by atoms with Crippen LogP contribution in [-0.2, 0) is 0 Å². The predicted octanol–water partition coefficient (Wildman–Crippen LogP) is 7.87. The van der Waals surface area contributed by atoms with E-state index in [9.17, 15) is 22.4 Å².